The summed E-state index contributed by atoms with van der Waals surface area (Å²) in [6.45, 7) is 3.75. The molecule has 2 atom stereocenters. The molecule has 4 aromatic rings. The fourth-order valence-electron chi connectivity index (χ4n) is 4.67. The molecule has 1 saturated heterocycles. The van der Waals surface area contributed by atoms with Crippen molar-refractivity contribution >= 4 is 23.2 Å². The van der Waals surface area contributed by atoms with E-state index in [0.29, 0.717) is 36.4 Å². The van der Waals surface area contributed by atoms with Gasteiger partial charge in [0.1, 0.15) is 11.9 Å². The average molecular weight is 471 g/mol. The van der Waals surface area contributed by atoms with E-state index in [1.54, 1.807) is 17.3 Å². The summed E-state index contributed by atoms with van der Waals surface area (Å²) in [7, 11) is 0. The SMILES string of the molecule is CC(=O)c1c(C2CCN(C(=O)[C@@H](C)O)C2)nc2c(-c3ccc(-c4ccccc4)nc3)cnn2c1N. The van der Waals surface area contributed by atoms with E-state index >= 15 is 0 Å². The Balaban J connectivity index is 1.56. The second-order valence-electron chi connectivity index (χ2n) is 8.85. The van der Waals surface area contributed by atoms with Gasteiger partial charge in [0.25, 0.3) is 5.91 Å². The highest BCUT2D eigenvalue weighted by Gasteiger charge is 2.33. The van der Waals surface area contributed by atoms with E-state index in [1.807, 2.05) is 42.5 Å². The quantitative estimate of drug-likeness (QED) is 0.429. The summed E-state index contributed by atoms with van der Waals surface area (Å²) in [4.78, 5) is 35.9. The van der Waals surface area contributed by atoms with Crippen LogP contribution in [0.15, 0.2) is 54.9 Å². The van der Waals surface area contributed by atoms with Gasteiger partial charge in [-0.3, -0.25) is 14.6 Å². The number of aromatic nitrogens is 4. The third-order valence-corrected chi connectivity index (χ3v) is 6.45. The molecule has 1 aliphatic heterocycles. The Bertz CT molecular complexity index is 1410. The third kappa shape index (κ3) is 4.04. The molecule has 0 bridgehead atoms. The number of carbonyl (C=O) groups is 2. The fourth-order valence-corrected chi connectivity index (χ4v) is 4.67. The van der Waals surface area contributed by atoms with E-state index in [9.17, 15) is 14.7 Å². The van der Waals surface area contributed by atoms with Crippen molar-refractivity contribution in [2.24, 2.45) is 0 Å². The maximum absolute atomic E-state index is 12.6. The molecule has 9 nitrogen and oxygen atoms in total. The minimum absolute atomic E-state index is 0.176. The fraction of sp³-hybridized carbons (Fsp3) is 0.269. The summed E-state index contributed by atoms with van der Waals surface area (Å²) in [6, 6.07) is 13.8. The van der Waals surface area contributed by atoms with Crippen molar-refractivity contribution in [3.05, 3.63) is 66.1 Å². The van der Waals surface area contributed by atoms with Crippen LogP contribution in [0, 0.1) is 0 Å². The van der Waals surface area contributed by atoms with Crippen LogP contribution in [0.25, 0.3) is 28.0 Å². The maximum Gasteiger partial charge on any atom is 0.251 e. The normalized spacial score (nSPS) is 16.5. The monoisotopic (exact) mass is 470 g/mol. The molecule has 35 heavy (non-hydrogen) atoms. The molecule has 0 aliphatic carbocycles. The van der Waals surface area contributed by atoms with Gasteiger partial charge in [-0.2, -0.15) is 9.61 Å². The van der Waals surface area contributed by atoms with Gasteiger partial charge >= 0.3 is 0 Å². The van der Waals surface area contributed by atoms with E-state index in [2.05, 4.69) is 10.1 Å². The highest BCUT2D eigenvalue weighted by atomic mass is 16.3. The Hall–Kier alpha value is -4.11. The van der Waals surface area contributed by atoms with Gasteiger partial charge in [0, 0.05) is 41.9 Å². The Morgan fingerprint density at radius 2 is 1.89 bits per heavy atom. The van der Waals surface area contributed by atoms with Crippen molar-refractivity contribution in [2.75, 3.05) is 18.8 Å². The lowest BCUT2D eigenvalue weighted by molar-refractivity contribution is -0.138. The number of anilines is 1. The van der Waals surface area contributed by atoms with E-state index in [4.69, 9.17) is 10.7 Å². The predicted molar refractivity (Wildman–Crippen MR) is 132 cm³/mol. The molecule has 3 aromatic heterocycles. The Labute approximate surface area is 202 Å². The van der Waals surface area contributed by atoms with Gasteiger partial charge in [0.2, 0.25) is 0 Å². The number of nitrogens with two attached hydrogens (primary N) is 1. The van der Waals surface area contributed by atoms with Gasteiger partial charge in [0.15, 0.2) is 11.4 Å². The van der Waals surface area contributed by atoms with Gasteiger partial charge in [-0.05, 0) is 26.3 Å². The van der Waals surface area contributed by atoms with E-state index < -0.39 is 6.10 Å². The van der Waals surface area contributed by atoms with Crippen molar-refractivity contribution < 1.29 is 14.7 Å². The summed E-state index contributed by atoms with van der Waals surface area (Å²) in [5.41, 5.74) is 11.3. The number of hydrogen-bond donors (Lipinski definition) is 2. The van der Waals surface area contributed by atoms with Crippen molar-refractivity contribution in [2.45, 2.75) is 32.3 Å². The number of pyridine rings is 1. The highest BCUT2D eigenvalue weighted by molar-refractivity contribution is 6.00. The molecule has 9 heteroatoms. The van der Waals surface area contributed by atoms with E-state index in [-0.39, 0.29) is 23.4 Å². The number of likely N-dealkylation sites (tertiary alicyclic amines) is 1. The minimum atomic E-state index is -1.07. The van der Waals surface area contributed by atoms with Crippen LogP contribution in [0.5, 0.6) is 0 Å². The number of aliphatic hydroxyl groups is 1. The van der Waals surface area contributed by atoms with Gasteiger partial charge in [0.05, 0.1) is 23.1 Å². The van der Waals surface area contributed by atoms with Crippen LogP contribution < -0.4 is 5.73 Å². The van der Waals surface area contributed by atoms with Crippen molar-refractivity contribution in [1.82, 2.24) is 24.5 Å². The van der Waals surface area contributed by atoms with Gasteiger partial charge < -0.3 is 15.7 Å². The van der Waals surface area contributed by atoms with Crippen molar-refractivity contribution in [3.8, 4) is 22.4 Å². The number of nitrogen functional groups attached to an aromatic ring is 1. The number of ketones is 1. The van der Waals surface area contributed by atoms with Crippen LogP contribution in [0.2, 0.25) is 0 Å². The van der Waals surface area contributed by atoms with Gasteiger partial charge in [-0.25, -0.2) is 4.98 Å². The number of amides is 1. The summed E-state index contributed by atoms with van der Waals surface area (Å²) in [6.07, 6.45) is 2.99. The zero-order valence-electron chi connectivity index (χ0n) is 19.5. The second kappa shape index (κ2) is 8.92. The number of carbonyl (C=O) groups excluding carboxylic acids is 2. The molecule has 1 aromatic carbocycles. The van der Waals surface area contributed by atoms with Crippen LogP contribution in [0.4, 0.5) is 5.82 Å². The lowest BCUT2D eigenvalue weighted by atomic mass is 9.97. The molecule has 1 fully saturated rings. The maximum atomic E-state index is 12.6. The zero-order valence-corrected chi connectivity index (χ0v) is 19.5. The van der Waals surface area contributed by atoms with Gasteiger partial charge in [-0.15, -0.1) is 0 Å². The van der Waals surface area contributed by atoms with E-state index in [0.717, 1.165) is 22.4 Å². The summed E-state index contributed by atoms with van der Waals surface area (Å²) >= 11 is 0. The number of nitrogens with zero attached hydrogens (tertiary/aromatic N) is 5. The first-order valence-electron chi connectivity index (χ1n) is 11.5. The van der Waals surface area contributed by atoms with Crippen molar-refractivity contribution in [3.63, 3.8) is 0 Å². The molecule has 5 rings (SSSR count). The number of hydrogen-bond acceptors (Lipinski definition) is 7. The molecule has 178 valence electrons. The first kappa shape index (κ1) is 22.7. The summed E-state index contributed by atoms with van der Waals surface area (Å²) < 4.78 is 1.48. The first-order chi connectivity index (χ1) is 16.8. The van der Waals surface area contributed by atoms with Crippen LogP contribution in [-0.4, -0.2) is 60.5 Å². The van der Waals surface area contributed by atoms with E-state index in [1.165, 1.54) is 18.4 Å². The molecular formula is C26H26N6O3. The number of rotatable bonds is 5. The molecule has 0 spiro atoms. The van der Waals surface area contributed by atoms with Crippen LogP contribution in [0.1, 0.15) is 42.2 Å². The molecule has 0 saturated carbocycles. The number of benzene rings is 1. The number of Topliss-reactive ketones (excluding diaryl/α,β-unsaturated/α-hetero) is 1. The Kier molecular flexibility index (Phi) is 5.78. The topological polar surface area (TPSA) is 127 Å². The highest BCUT2D eigenvalue weighted by Crippen LogP contribution is 2.34. The first-order valence-corrected chi connectivity index (χ1v) is 11.5. The smallest absolute Gasteiger partial charge is 0.251 e. The average Bonchev–Trinajstić information content (AvgIpc) is 3.52. The van der Waals surface area contributed by atoms with Crippen LogP contribution in [0.3, 0.4) is 0 Å². The molecule has 3 N–H and O–H groups in total. The standard InChI is InChI=1S/C26H26N6O3/c1-15(33)22-23(19-10-11-31(14-19)26(35)16(2)34)30-25-20(13-29-32(25)24(22)27)18-8-9-21(28-12-18)17-6-4-3-5-7-17/h3-9,12-13,16,19,34H,10-11,14,27H2,1-2H3/t16-,19?/m1/s1. The summed E-state index contributed by atoms with van der Waals surface area (Å²) in [5.74, 6) is -0.498. The third-order valence-electron chi connectivity index (χ3n) is 6.45. The molecular weight excluding hydrogens is 444 g/mol. The van der Waals surface area contributed by atoms with Gasteiger partial charge in [-0.1, -0.05) is 36.4 Å². The number of fused-ring (bicyclic) bond motifs is 1. The molecule has 1 unspecified atom stereocenters. The second-order valence-corrected chi connectivity index (χ2v) is 8.85. The number of aliphatic hydroxyl groups excluding tert-OH is 1. The Morgan fingerprint density at radius 1 is 1.11 bits per heavy atom. The molecule has 0 radical (unpaired) electrons. The van der Waals surface area contributed by atoms with Crippen molar-refractivity contribution in [1.29, 1.82) is 0 Å². The zero-order chi connectivity index (χ0) is 24.7. The molecule has 4 heterocycles. The summed E-state index contributed by atoms with van der Waals surface area (Å²) in [5, 5.41) is 14.1. The molecule has 1 amide bonds. The largest absolute Gasteiger partial charge is 0.384 e. The minimum Gasteiger partial charge on any atom is -0.384 e. The predicted octanol–water partition coefficient (Wildman–Crippen LogP) is 2.94. The Morgan fingerprint density at radius 3 is 2.54 bits per heavy atom. The van der Waals surface area contributed by atoms with Crippen LogP contribution in [-0.2, 0) is 4.79 Å². The lowest BCUT2D eigenvalue weighted by Crippen LogP contribution is -2.36. The van der Waals surface area contributed by atoms with Crippen LogP contribution >= 0.6 is 0 Å². The molecule has 1 aliphatic rings. The lowest BCUT2D eigenvalue weighted by Gasteiger charge is -2.19.